The number of rotatable bonds is 1. The third kappa shape index (κ3) is 7.79. The van der Waals surface area contributed by atoms with Crippen LogP contribution in [0.1, 0.15) is 55.4 Å². The van der Waals surface area contributed by atoms with E-state index in [0.717, 1.165) is 11.1 Å². The molecule has 138 valence electrons. The molecule has 0 radical (unpaired) electrons. The molecule has 0 saturated heterocycles. The summed E-state index contributed by atoms with van der Waals surface area (Å²) < 4.78 is 0. The number of hydrogen-bond acceptors (Lipinski definition) is 2. The lowest BCUT2D eigenvalue weighted by molar-refractivity contribution is 1.18. The van der Waals surface area contributed by atoms with Crippen molar-refractivity contribution in [1.29, 1.82) is 0 Å². The van der Waals surface area contributed by atoms with Crippen molar-refractivity contribution in [1.82, 2.24) is 9.97 Å². The predicted octanol–water partition coefficient (Wildman–Crippen LogP) is 6.69. The number of fused-ring (bicyclic) bond motifs is 1. The molecule has 3 nitrogen and oxygen atoms in total. The standard InChI is InChI=1S/C14H10N2O.4C2H6/c17-14-11-8-4-5-9-12(11)15-13(16-14)10-6-2-1-3-7-10;4*1-2/h1-9H,(H,15,16,17);4*1-2H3. The predicted molar refractivity (Wildman–Crippen MR) is 113 cm³/mol. The molecule has 0 aliphatic rings. The van der Waals surface area contributed by atoms with E-state index in [1.54, 1.807) is 6.07 Å². The lowest BCUT2D eigenvalue weighted by Gasteiger charge is -2.02. The minimum absolute atomic E-state index is 0.102. The van der Waals surface area contributed by atoms with E-state index in [0.29, 0.717) is 11.2 Å². The van der Waals surface area contributed by atoms with E-state index in [2.05, 4.69) is 9.97 Å². The highest BCUT2D eigenvalue weighted by molar-refractivity contribution is 5.79. The van der Waals surface area contributed by atoms with Crippen LogP contribution in [-0.4, -0.2) is 9.97 Å². The fraction of sp³-hybridized carbons (Fsp3) is 0.364. The Morgan fingerprint density at radius 3 is 1.72 bits per heavy atom. The number of aromatic amines is 1. The van der Waals surface area contributed by atoms with E-state index in [1.807, 2.05) is 104 Å². The summed E-state index contributed by atoms with van der Waals surface area (Å²) in [6.07, 6.45) is 0. The third-order valence-corrected chi connectivity index (χ3v) is 2.66. The first-order valence-electron chi connectivity index (χ1n) is 9.39. The number of para-hydroxylation sites is 1. The van der Waals surface area contributed by atoms with Gasteiger partial charge in [0.05, 0.1) is 10.9 Å². The maximum Gasteiger partial charge on any atom is 0.259 e. The summed E-state index contributed by atoms with van der Waals surface area (Å²) in [7, 11) is 0. The van der Waals surface area contributed by atoms with E-state index >= 15 is 0 Å². The molecule has 0 atom stereocenters. The molecule has 0 fully saturated rings. The Balaban J connectivity index is 0. The van der Waals surface area contributed by atoms with Crippen molar-refractivity contribution >= 4 is 10.9 Å². The molecule has 0 saturated carbocycles. The quantitative estimate of drug-likeness (QED) is 0.535. The fourth-order valence-electron chi connectivity index (χ4n) is 1.82. The van der Waals surface area contributed by atoms with E-state index in [-0.39, 0.29) is 5.56 Å². The largest absolute Gasteiger partial charge is 0.306 e. The van der Waals surface area contributed by atoms with Crippen molar-refractivity contribution in [3.05, 3.63) is 65.0 Å². The molecule has 0 amide bonds. The summed E-state index contributed by atoms with van der Waals surface area (Å²) in [5.41, 5.74) is 1.53. The summed E-state index contributed by atoms with van der Waals surface area (Å²) in [6, 6.07) is 17.0. The average molecular weight is 343 g/mol. The maximum atomic E-state index is 11.9. The summed E-state index contributed by atoms with van der Waals surface area (Å²) in [5.74, 6) is 0.606. The zero-order valence-electron chi connectivity index (χ0n) is 17.1. The Bertz CT molecular complexity index is 719. The highest BCUT2D eigenvalue weighted by Gasteiger charge is 2.04. The highest BCUT2D eigenvalue weighted by Crippen LogP contribution is 2.15. The zero-order chi connectivity index (χ0) is 19.7. The van der Waals surface area contributed by atoms with Crippen LogP contribution in [0, 0.1) is 0 Å². The second kappa shape index (κ2) is 16.4. The van der Waals surface area contributed by atoms with Gasteiger partial charge in [-0.25, -0.2) is 4.98 Å². The molecule has 1 aromatic heterocycles. The second-order valence-corrected chi connectivity index (χ2v) is 3.80. The first kappa shape index (κ1) is 24.8. The lowest BCUT2D eigenvalue weighted by Crippen LogP contribution is -2.09. The summed E-state index contributed by atoms with van der Waals surface area (Å²) >= 11 is 0. The average Bonchev–Trinajstić information content (AvgIpc) is 2.74. The van der Waals surface area contributed by atoms with Crippen LogP contribution in [0.5, 0.6) is 0 Å². The second-order valence-electron chi connectivity index (χ2n) is 3.80. The summed E-state index contributed by atoms with van der Waals surface area (Å²) in [4.78, 5) is 19.1. The van der Waals surface area contributed by atoms with Gasteiger partial charge in [-0.15, -0.1) is 0 Å². The van der Waals surface area contributed by atoms with Crippen molar-refractivity contribution in [2.45, 2.75) is 55.4 Å². The van der Waals surface area contributed by atoms with Crippen molar-refractivity contribution in [3.8, 4) is 11.4 Å². The SMILES string of the molecule is CC.CC.CC.CC.O=c1[nH]c(-c2ccccc2)nc2ccccc12. The smallest absolute Gasteiger partial charge is 0.259 e. The molecule has 0 aliphatic heterocycles. The Morgan fingerprint density at radius 2 is 1.16 bits per heavy atom. The van der Waals surface area contributed by atoms with E-state index in [9.17, 15) is 4.79 Å². The molecule has 1 heterocycles. The monoisotopic (exact) mass is 342 g/mol. The van der Waals surface area contributed by atoms with Crippen molar-refractivity contribution < 1.29 is 0 Å². The van der Waals surface area contributed by atoms with Crippen molar-refractivity contribution in [2.75, 3.05) is 0 Å². The molecule has 0 unspecified atom stereocenters. The number of nitrogens with zero attached hydrogens (tertiary/aromatic N) is 1. The molecule has 25 heavy (non-hydrogen) atoms. The highest BCUT2D eigenvalue weighted by atomic mass is 16.1. The van der Waals surface area contributed by atoms with Gasteiger partial charge in [0, 0.05) is 5.56 Å². The molecule has 1 N–H and O–H groups in total. The summed E-state index contributed by atoms with van der Waals surface area (Å²) in [6.45, 7) is 16.0. The number of H-pyrrole nitrogens is 1. The minimum Gasteiger partial charge on any atom is -0.306 e. The van der Waals surface area contributed by atoms with E-state index in [4.69, 9.17) is 0 Å². The maximum absolute atomic E-state index is 11.9. The number of aromatic nitrogens is 2. The lowest BCUT2D eigenvalue weighted by atomic mass is 10.2. The molecule has 2 aromatic carbocycles. The first-order valence-corrected chi connectivity index (χ1v) is 9.39. The molecular formula is C22H34N2O. The van der Waals surface area contributed by atoms with Gasteiger partial charge in [-0.3, -0.25) is 4.79 Å². The molecule has 3 rings (SSSR count). The molecule has 0 bridgehead atoms. The van der Waals surface area contributed by atoms with Crippen LogP contribution >= 0.6 is 0 Å². The number of benzene rings is 2. The van der Waals surface area contributed by atoms with Crippen LogP contribution < -0.4 is 5.56 Å². The van der Waals surface area contributed by atoms with Crippen LogP contribution in [0.2, 0.25) is 0 Å². The number of nitrogens with one attached hydrogen (secondary N) is 1. The molecule has 3 heteroatoms. The Hall–Kier alpha value is -2.42. The van der Waals surface area contributed by atoms with E-state index < -0.39 is 0 Å². The Labute approximate surface area is 153 Å². The Morgan fingerprint density at radius 1 is 0.680 bits per heavy atom. The first-order chi connectivity index (χ1) is 12.3. The van der Waals surface area contributed by atoms with Crippen LogP contribution in [0.4, 0.5) is 0 Å². The van der Waals surface area contributed by atoms with Gasteiger partial charge in [0.1, 0.15) is 5.82 Å². The van der Waals surface area contributed by atoms with Gasteiger partial charge in [-0.1, -0.05) is 97.9 Å². The zero-order valence-corrected chi connectivity index (χ0v) is 17.1. The topological polar surface area (TPSA) is 45.8 Å². The molecule has 0 aliphatic carbocycles. The summed E-state index contributed by atoms with van der Waals surface area (Å²) in [5, 5.41) is 0.618. The van der Waals surface area contributed by atoms with Gasteiger partial charge in [-0.05, 0) is 12.1 Å². The van der Waals surface area contributed by atoms with Crippen LogP contribution in [0.25, 0.3) is 22.3 Å². The van der Waals surface area contributed by atoms with Crippen LogP contribution in [0.3, 0.4) is 0 Å². The van der Waals surface area contributed by atoms with Gasteiger partial charge in [0.2, 0.25) is 0 Å². The normalized spacial score (nSPS) is 8.16. The Kier molecular flexibility index (Phi) is 16.3. The third-order valence-electron chi connectivity index (χ3n) is 2.66. The molecule has 0 spiro atoms. The number of hydrogen-bond donors (Lipinski definition) is 1. The minimum atomic E-state index is -0.102. The molecular weight excluding hydrogens is 308 g/mol. The van der Waals surface area contributed by atoms with Gasteiger partial charge in [0.25, 0.3) is 5.56 Å². The van der Waals surface area contributed by atoms with Crippen molar-refractivity contribution in [3.63, 3.8) is 0 Å². The van der Waals surface area contributed by atoms with Gasteiger partial charge in [-0.2, -0.15) is 0 Å². The van der Waals surface area contributed by atoms with Gasteiger partial charge in [0.15, 0.2) is 0 Å². The van der Waals surface area contributed by atoms with Gasteiger partial charge >= 0.3 is 0 Å². The van der Waals surface area contributed by atoms with Crippen molar-refractivity contribution in [2.24, 2.45) is 0 Å². The van der Waals surface area contributed by atoms with Gasteiger partial charge < -0.3 is 4.98 Å². The van der Waals surface area contributed by atoms with Crippen LogP contribution in [-0.2, 0) is 0 Å². The fourth-order valence-corrected chi connectivity index (χ4v) is 1.82. The molecule has 3 aromatic rings. The van der Waals surface area contributed by atoms with E-state index in [1.165, 1.54) is 0 Å². The van der Waals surface area contributed by atoms with Crippen LogP contribution in [0.15, 0.2) is 59.4 Å².